The summed E-state index contributed by atoms with van der Waals surface area (Å²) in [7, 11) is 1.99. The van der Waals surface area contributed by atoms with Crippen molar-refractivity contribution in [3.8, 4) is 0 Å². The summed E-state index contributed by atoms with van der Waals surface area (Å²) in [5.74, 6) is -0.559. The molecule has 0 radical (unpaired) electrons. The summed E-state index contributed by atoms with van der Waals surface area (Å²) in [6.45, 7) is 2.78. The van der Waals surface area contributed by atoms with Gasteiger partial charge in [0.2, 0.25) is 0 Å². The molecule has 0 spiro atoms. The monoisotopic (exact) mass is 375 g/mol. The number of benzene rings is 2. The van der Waals surface area contributed by atoms with Crippen molar-refractivity contribution < 1.29 is 14.1 Å². The molecular weight excluding hydrogens is 357 g/mol. The van der Waals surface area contributed by atoms with E-state index in [9.17, 15) is 19.3 Å². The third-order valence-electron chi connectivity index (χ3n) is 4.23. The van der Waals surface area contributed by atoms with Gasteiger partial charge in [0.05, 0.1) is 9.82 Å². The van der Waals surface area contributed by atoms with Crippen LogP contribution in [-0.4, -0.2) is 53.9 Å². The fourth-order valence-electron chi connectivity index (χ4n) is 2.70. The molecule has 0 aliphatic carbocycles. The van der Waals surface area contributed by atoms with Crippen LogP contribution in [0.5, 0.6) is 0 Å². The quantitative estimate of drug-likeness (QED) is 0.606. The van der Waals surface area contributed by atoms with Crippen molar-refractivity contribution >= 4 is 23.4 Å². The number of piperazine rings is 1. The van der Waals surface area contributed by atoms with Crippen molar-refractivity contribution in [2.45, 2.75) is 9.79 Å². The molecule has 0 bridgehead atoms. The first-order valence-electron chi connectivity index (χ1n) is 8.14. The molecule has 1 aliphatic heterocycles. The maximum absolute atomic E-state index is 13.0. The van der Waals surface area contributed by atoms with Gasteiger partial charge in [-0.1, -0.05) is 11.8 Å². The molecule has 1 aliphatic rings. The minimum absolute atomic E-state index is 0.126. The number of nitrogens with zero attached hydrogens (tertiary/aromatic N) is 3. The molecule has 0 aromatic heterocycles. The summed E-state index contributed by atoms with van der Waals surface area (Å²) >= 11 is 1.17. The van der Waals surface area contributed by atoms with Gasteiger partial charge in [-0.25, -0.2) is 4.39 Å². The van der Waals surface area contributed by atoms with Gasteiger partial charge >= 0.3 is 0 Å². The molecule has 0 N–H and O–H groups in total. The molecule has 136 valence electrons. The Labute approximate surface area is 154 Å². The number of hydrogen-bond acceptors (Lipinski definition) is 5. The number of rotatable bonds is 4. The van der Waals surface area contributed by atoms with Crippen molar-refractivity contribution in [2.75, 3.05) is 33.2 Å². The number of halogens is 1. The van der Waals surface area contributed by atoms with Crippen LogP contribution in [0, 0.1) is 15.9 Å². The standard InChI is InChI=1S/C18H18FN3O3S/c1-20-8-10-21(11-9-20)18(23)13-2-7-17(16(12-13)22(24)25)26-15-5-3-14(19)4-6-15/h2-7,12H,8-11H2,1H3. The average Bonchev–Trinajstić information content (AvgIpc) is 2.64. The van der Waals surface area contributed by atoms with Crippen molar-refractivity contribution in [1.29, 1.82) is 0 Å². The molecule has 1 fully saturated rings. The Hall–Kier alpha value is -2.45. The molecule has 0 atom stereocenters. The van der Waals surface area contributed by atoms with Gasteiger partial charge in [-0.3, -0.25) is 14.9 Å². The molecule has 0 saturated carbocycles. The summed E-state index contributed by atoms with van der Waals surface area (Å²) < 4.78 is 13.0. The van der Waals surface area contributed by atoms with Gasteiger partial charge in [0.1, 0.15) is 5.82 Å². The minimum Gasteiger partial charge on any atom is -0.336 e. The number of amides is 1. The van der Waals surface area contributed by atoms with Gasteiger partial charge in [-0.2, -0.15) is 0 Å². The third-order valence-corrected chi connectivity index (χ3v) is 5.31. The minimum atomic E-state index is -0.493. The molecule has 2 aromatic rings. The van der Waals surface area contributed by atoms with E-state index in [4.69, 9.17) is 0 Å². The van der Waals surface area contributed by atoms with Crippen LogP contribution in [0.3, 0.4) is 0 Å². The summed E-state index contributed by atoms with van der Waals surface area (Å²) in [6.07, 6.45) is 0. The van der Waals surface area contributed by atoms with E-state index in [1.54, 1.807) is 29.2 Å². The van der Waals surface area contributed by atoms with Crippen LogP contribution >= 0.6 is 11.8 Å². The lowest BCUT2D eigenvalue weighted by atomic mass is 10.1. The Kier molecular flexibility index (Phi) is 5.53. The predicted molar refractivity (Wildman–Crippen MR) is 97.0 cm³/mol. The van der Waals surface area contributed by atoms with Crippen molar-refractivity contribution in [1.82, 2.24) is 9.80 Å². The number of nitro groups is 1. The summed E-state index contributed by atoms with van der Waals surface area (Å²) in [6, 6.07) is 10.3. The summed E-state index contributed by atoms with van der Waals surface area (Å²) in [5.41, 5.74) is 0.184. The van der Waals surface area contributed by atoms with E-state index in [-0.39, 0.29) is 17.4 Å². The molecule has 1 heterocycles. The average molecular weight is 375 g/mol. The second-order valence-electron chi connectivity index (χ2n) is 6.09. The Morgan fingerprint density at radius 1 is 1.12 bits per heavy atom. The highest BCUT2D eigenvalue weighted by molar-refractivity contribution is 7.99. The molecule has 8 heteroatoms. The van der Waals surface area contributed by atoms with Crippen LogP contribution in [0.4, 0.5) is 10.1 Å². The van der Waals surface area contributed by atoms with Gasteiger partial charge in [-0.15, -0.1) is 0 Å². The van der Waals surface area contributed by atoms with E-state index >= 15 is 0 Å². The van der Waals surface area contributed by atoms with Crippen molar-refractivity contribution in [3.05, 3.63) is 64.0 Å². The zero-order valence-corrected chi connectivity index (χ0v) is 15.0. The van der Waals surface area contributed by atoms with Crippen LogP contribution in [0.15, 0.2) is 52.3 Å². The number of carbonyl (C=O) groups excluding carboxylic acids is 1. The number of nitro benzene ring substituents is 1. The van der Waals surface area contributed by atoms with E-state index in [0.29, 0.717) is 28.4 Å². The Morgan fingerprint density at radius 2 is 1.77 bits per heavy atom. The van der Waals surface area contributed by atoms with Crippen LogP contribution in [-0.2, 0) is 0 Å². The van der Waals surface area contributed by atoms with E-state index in [0.717, 1.165) is 13.1 Å². The van der Waals surface area contributed by atoms with Crippen LogP contribution < -0.4 is 0 Å². The molecule has 6 nitrogen and oxygen atoms in total. The Bertz CT molecular complexity index is 821. The highest BCUT2D eigenvalue weighted by Crippen LogP contribution is 2.35. The fraction of sp³-hybridized carbons (Fsp3) is 0.278. The molecular formula is C18H18FN3O3S. The van der Waals surface area contributed by atoms with Gasteiger partial charge in [-0.05, 0) is 43.4 Å². The molecule has 3 rings (SSSR count). The highest BCUT2D eigenvalue weighted by Gasteiger charge is 2.24. The Morgan fingerprint density at radius 3 is 2.38 bits per heavy atom. The van der Waals surface area contributed by atoms with Crippen molar-refractivity contribution in [3.63, 3.8) is 0 Å². The number of likely N-dealkylation sites (N-methyl/N-ethyl adjacent to an activating group) is 1. The number of carbonyl (C=O) groups is 1. The smallest absolute Gasteiger partial charge is 0.284 e. The van der Waals surface area contributed by atoms with Gasteiger partial charge in [0.15, 0.2) is 0 Å². The molecule has 2 aromatic carbocycles. The van der Waals surface area contributed by atoms with Gasteiger partial charge in [0.25, 0.3) is 11.6 Å². The van der Waals surface area contributed by atoms with Crippen LogP contribution in [0.25, 0.3) is 0 Å². The van der Waals surface area contributed by atoms with E-state index in [1.807, 2.05) is 7.05 Å². The largest absolute Gasteiger partial charge is 0.336 e. The highest BCUT2D eigenvalue weighted by atomic mass is 32.2. The zero-order valence-electron chi connectivity index (χ0n) is 14.2. The van der Waals surface area contributed by atoms with E-state index in [1.165, 1.54) is 30.0 Å². The second kappa shape index (κ2) is 7.84. The van der Waals surface area contributed by atoms with Gasteiger partial charge in [0, 0.05) is 42.7 Å². The van der Waals surface area contributed by atoms with Crippen LogP contribution in [0.2, 0.25) is 0 Å². The third kappa shape index (κ3) is 4.20. The summed E-state index contributed by atoms with van der Waals surface area (Å²) in [4.78, 5) is 28.5. The lowest BCUT2D eigenvalue weighted by Crippen LogP contribution is -2.47. The lowest BCUT2D eigenvalue weighted by Gasteiger charge is -2.32. The second-order valence-corrected chi connectivity index (χ2v) is 7.21. The molecule has 1 saturated heterocycles. The maximum atomic E-state index is 13.0. The van der Waals surface area contributed by atoms with Gasteiger partial charge < -0.3 is 9.80 Å². The first kappa shape index (κ1) is 18.3. The lowest BCUT2D eigenvalue weighted by molar-refractivity contribution is -0.387. The van der Waals surface area contributed by atoms with E-state index < -0.39 is 4.92 Å². The molecule has 0 unspecified atom stereocenters. The van der Waals surface area contributed by atoms with Crippen LogP contribution in [0.1, 0.15) is 10.4 Å². The fourth-order valence-corrected chi connectivity index (χ4v) is 3.60. The normalized spacial score (nSPS) is 15.1. The first-order chi connectivity index (χ1) is 12.4. The maximum Gasteiger partial charge on any atom is 0.284 e. The molecule has 26 heavy (non-hydrogen) atoms. The molecule has 1 amide bonds. The number of hydrogen-bond donors (Lipinski definition) is 0. The predicted octanol–water partition coefficient (Wildman–Crippen LogP) is 3.27. The zero-order chi connectivity index (χ0) is 18.7. The first-order valence-corrected chi connectivity index (χ1v) is 8.95. The summed E-state index contributed by atoms with van der Waals surface area (Å²) in [5, 5.41) is 11.5. The van der Waals surface area contributed by atoms with E-state index in [2.05, 4.69) is 4.90 Å². The Balaban J connectivity index is 1.83. The SMILES string of the molecule is CN1CCN(C(=O)c2ccc(Sc3ccc(F)cc3)c([N+](=O)[O-])c2)CC1. The topological polar surface area (TPSA) is 66.7 Å². The van der Waals surface area contributed by atoms with Crippen molar-refractivity contribution in [2.24, 2.45) is 0 Å².